The van der Waals surface area contributed by atoms with E-state index in [0.717, 1.165) is 11.8 Å². The molecule has 0 spiro atoms. The van der Waals surface area contributed by atoms with Gasteiger partial charge in [-0.3, -0.25) is 13.9 Å². The number of carbonyl (C=O) groups excluding carboxylic acids is 2. The highest BCUT2D eigenvalue weighted by atomic mass is 32.2. The largest absolute Gasteiger partial charge is 0.497 e. The molecule has 0 unspecified atom stereocenters. The minimum Gasteiger partial charge on any atom is -0.497 e. The fourth-order valence-corrected chi connectivity index (χ4v) is 4.49. The lowest BCUT2D eigenvalue weighted by Gasteiger charge is -2.29. The van der Waals surface area contributed by atoms with Gasteiger partial charge in [-0.15, -0.1) is 0 Å². The molecule has 9 nitrogen and oxygen atoms in total. The lowest BCUT2D eigenvalue weighted by molar-refractivity contribution is -0.140. The Morgan fingerprint density at radius 1 is 1.03 bits per heavy atom. The molecular formula is C24H33N3O6S. The Hall–Kier alpha value is -3.27. The molecule has 2 amide bonds. The van der Waals surface area contributed by atoms with Crippen molar-refractivity contribution in [3.63, 3.8) is 0 Å². The van der Waals surface area contributed by atoms with Crippen LogP contribution < -0.4 is 19.1 Å². The maximum absolute atomic E-state index is 13.2. The van der Waals surface area contributed by atoms with Gasteiger partial charge in [0.05, 0.1) is 26.2 Å². The molecule has 0 heterocycles. The van der Waals surface area contributed by atoms with Gasteiger partial charge in [-0.25, -0.2) is 8.42 Å². The van der Waals surface area contributed by atoms with Crippen LogP contribution in [0.1, 0.15) is 25.3 Å². The highest BCUT2D eigenvalue weighted by molar-refractivity contribution is 7.92. The number of hydrogen-bond acceptors (Lipinski definition) is 6. The van der Waals surface area contributed by atoms with Gasteiger partial charge in [-0.05, 0) is 43.2 Å². The van der Waals surface area contributed by atoms with E-state index in [1.807, 2.05) is 18.2 Å². The number of carbonyl (C=O) groups is 2. The van der Waals surface area contributed by atoms with Crippen molar-refractivity contribution in [3.05, 3.63) is 54.1 Å². The van der Waals surface area contributed by atoms with Crippen LogP contribution in [0, 0.1) is 0 Å². The van der Waals surface area contributed by atoms with Gasteiger partial charge in [0.15, 0.2) is 0 Å². The van der Waals surface area contributed by atoms with Crippen molar-refractivity contribution in [1.82, 2.24) is 10.2 Å². The Bertz CT molecular complexity index is 1090. The van der Waals surface area contributed by atoms with Crippen LogP contribution >= 0.6 is 0 Å². The molecule has 0 aliphatic carbocycles. The zero-order valence-electron chi connectivity index (χ0n) is 20.3. The summed E-state index contributed by atoms with van der Waals surface area (Å²) in [6.07, 6.45) is 1.47. The maximum atomic E-state index is 13.2. The van der Waals surface area contributed by atoms with Gasteiger partial charge < -0.3 is 19.7 Å². The number of rotatable bonds is 12. The van der Waals surface area contributed by atoms with Gasteiger partial charge in [0, 0.05) is 32.6 Å². The molecule has 0 aromatic heterocycles. The fourth-order valence-electron chi connectivity index (χ4n) is 3.53. The van der Waals surface area contributed by atoms with E-state index in [4.69, 9.17) is 9.47 Å². The number of nitrogens with one attached hydrogen (secondary N) is 1. The van der Waals surface area contributed by atoms with Crippen molar-refractivity contribution < 1.29 is 27.5 Å². The van der Waals surface area contributed by atoms with Crippen molar-refractivity contribution in [2.45, 2.75) is 32.4 Å². The smallest absolute Gasteiger partial charge is 0.242 e. The SMILES string of the molecule is CNC(=O)[C@H](C)N(Cc1cccc(OC)c1)C(=O)CCCN(c1cccc(OC)c1)S(C)(=O)=O. The topological polar surface area (TPSA) is 105 Å². The summed E-state index contributed by atoms with van der Waals surface area (Å²) in [6, 6.07) is 13.3. The quantitative estimate of drug-likeness (QED) is 0.489. The zero-order valence-corrected chi connectivity index (χ0v) is 21.1. The fraction of sp³-hybridized carbons (Fsp3) is 0.417. The lowest BCUT2D eigenvalue weighted by atomic mass is 10.1. The second-order valence-corrected chi connectivity index (χ2v) is 9.71. The molecule has 34 heavy (non-hydrogen) atoms. The number of amides is 2. The van der Waals surface area contributed by atoms with Gasteiger partial charge in [0.1, 0.15) is 17.5 Å². The van der Waals surface area contributed by atoms with E-state index in [1.54, 1.807) is 44.4 Å². The average Bonchev–Trinajstić information content (AvgIpc) is 2.83. The molecule has 2 rings (SSSR count). The molecule has 1 N–H and O–H groups in total. The Balaban J connectivity index is 2.17. The molecule has 0 bridgehead atoms. The molecule has 0 aliphatic heterocycles. The number of ether oxygens (including phenoxy) is 2. The number of likely N-dealkylation sites (N-methyl/N-ethyl adjacent to an activating group) is 1. The van der Waals surface area contributed by atoms with Crippen molar-refractivity contribution in [2.75, 3.05) is 38.4 Å². The third-order valence-electron chi connectivity index (χ3n) is 5.39. The Morgan fingerprint density at radius 3 is 2.24 bits per heavy atom. The molecule has 0 aliphatic rings. The summed E-state index contributed by atoms with van der Waals surface area (Å²) in [5.41, 5.74) is 1.28. The van der Waals surface area contributed by atoms with Crippen LogP contribution in [0.25, 0.3) is 0 Å². The lowest BCUT2D eigenvalue weighted by Crippen LogP contribution is -2.46. The first kappa shape index (κ1) is 27.0. The van der Waals surface area contributed by atoms with Gasteiger partial charge in [0.25, 0.3) is 0 Å². The van der Waals surface area contributed by atoms with Crippen LogP contribution in [0.4, 0.5) is 5.69 Å². The van der Waals surface area contributed by atoms with Gasteiger partial charge >= 0.3 is 0 Å². The summed E-state index contributed by atoms with van der Waals surface area (Å²) in [4.78, 5) is 26.9. The highest BCUT2D eigenvalue weighted by Crippen LogP contribution is 2.24. The van der Waals surface area contributed by atoms with Crippen molar-refractivity contribution in [3.8, 4) is 11.5 Å². The predicted octanol–water partition coefficient (Wildman–Crippen LogP) is 2.41. The summed E-state index contributed by atoms with van der Waals surface area (Å²) < 4.78 is 36.5. The first-order chi connectivity index (χ1) is 16.1. The minimum absolute atomic E-state index is 0.0707. The van der Waals surface area contributed by atoms with E-state index in [-0.39, 0.29) is 37.7 Å². The first-order valence-electron chi connectivity index (χ1n) is 10.9. The van der Waals surface area contributed by atoms with E-state index in [0.29, 0.717) is 17.2 Å². The van der Waals surface area contributed by atoms with Crippen molar-refractivity contribution in [1.29, 1.82) is 0 Å². The molecule has 0 saturated heterocycles. The molecule has 0 saturated carbocycles. The van der Waals surface area contributed by atoms with E-state index in [1.165, 1.54) is 23.4 Å². The molecule has 10 heteroatoms. The summed E-state index contributed by atoms with van der Waals surface area (Å²) in [5, 5.41) is 2.58. The number of hydrogen-bond donors (Lipinski definition) is 1. The molecule has 2 aromatic carbocycles. The third-order valence-corrected chi connectivity index (χ3v) is 6.59. The highest BCUT2D eigenvalue weighted by Gasteiger charge is 2.26. The second-order valence-electron chi connectivity index (χ2n) is 7.80. The minimum atomic E-state index is -3.58. The van der Waals surface area contributed by atoms with Crippen LogP contribution in [0.3, 0.4) is 0 Å². The first-order valence-corrected chi connectivity index (χ1v) is 12.7. The van der Waals surface area contributed by atoms with E-state index in [2.05, 4.69) is 5.32 Å². The summed E-state index contributed by atoms with van der Waals surface area (Å²) in [5.74, 6) is 0.647. The summed E-state index contributed by atoms with van der Waals surface area (Å²) >= 11 is 0. The Kier molecular flexibility index (Phi) is 9.73. The number of sulfonamides is 1. The molecule has 1 atom stereocenters. The molecular weight excluding hydrogens is 458 g/mol. The standard InChI is InChI=1S/C24H33N3O6S/c1-18(24(29)25-2)26(17-19-9-6-11-21(15-19)32-3)23(28)13-8-14-27(34(5,30)31)20-10-7-12-22(16-20)33-4/h6-7,9-12,15-16,18H,8,13-14,17H2,1-5H3,(H,25,29)/t18-/m0/s1. The number of benzene rings is 2. The molecule has 2 aromatic rings. The Morgan fingerprint density at radius 2 is 1.65 bits per heavy atom. The van der Waals surface area contributed by atoms with Gasteiger partial charge in [-0.1, -0.05) is 18.2 Å². The van der Waals surface area contributed by atoms with E-state index >= 15 is 0 Å². The second kappa shape index (κ2) is 12.3. The predicted molar refractivity (Wildman–Crippen MR) is 131 cm³/mol. The van der Waals surface area contributed by atoms with Crippen LogP contribution in [0.15, 0.2) is 48.5 Å². The summed E-state index contributed by atoms with van der Waals surface area (Å²) in [7, 11) is 1.01. The maximum Gasteiger partial charge on any atom is 0.242 e. The van der Waals surface area contributed by atoms with E-state index < -0.39 is 16.1 Å². The van der Waals surface area contributed by atoms with Crippen molar-refractivity contribution >= 4 is 27.5 Å². The van der Waals surface area contributed by atoms with E-state index in [9.17, 15) is 18.0 Å². The Labute approximate surface area is 201 Å². The average molecular weight is 492 g/mol. The zero-order chi connectivity index (χ0) is 25.3. The van der Waals surface area contributed by atoms with Crippen LogP contribution in [-0.2, 0) is 26.2 Å². The normalized spacial score (nSPS) is 11.9. The monoisotopic (exact) mass is 491 g/mol. The number of anilines is 1. The number of nitrogens with zero attached hydrogens (tertiary/aromatic N) is 2. The third kappa shape index (κ3) is 7.38. The van der Waals surface area contributed by atoms with Gasteiger partial charge in [-0.2, -0.15) is 0 Å². The van der Waals surface area contributed by atoms with Gasteiger partial charge in [0.2, 0.25) is 21.8 Å². The van der Waals surface area contributed by atoms with Crippen LogP contribution in [0.2, 0.25) is 0 Å². The van der Waals surface area contributed by atoms with Crippen LogP contribution in [0.5, 0.6) is 11.5 Å². The molecule has 0 radical (unpaired) electrons. The number of methoxy groups -OCH3 is 2. The molecule has 186 valence electrons. The molecule has 0 fully saturated rings. The summed E-state index contributed by atoms with van der Waals surface area (Å²) in [6.45, 7) is 1.99. The van der Waals surface area contributed by atoms with Crippen molar-refractivity contribution in [2.24, 2.45) is 0 Å². The van der Waals surface area contributed by atoms with Crippen LogP contribution in [-0.4, -0.2) is 65.2 Å².